The van der Waals surface area contributed by atoms with E-state index in [4.69, 9.17) is 18.7 Å². The number of carbonyl (C=O) groups is 4. The summed E-state index contributed by atoms with van der Waals surface area (Å²) >= 11 is 0. The minimum Gasteiger partial charge on any atom is -0.550 e. The Morgan fingerprint density at radius 3 is 1.37 bits per heavy atom. The average Bonchev–Trinajstić information content (AvgIpc) is 4.48. The van der Waals surface area contributed by atoms with Gasteiger partial charge in [-0.05, 0) is 56.4 Å². The van der Waals surface area contributed by atoms with Crippen molar-refractivity contribution in [3.63, 3.8) is 0 Å². The molecule has 0 amide bonds. The summed E-state index contributed by atoms with van der Waals surface area (Å²) in [7, 11) is 4.07. The van der Waals surface area contributed by atoms with Crippen LogP contribution in [0, 0.1) is 0 Å². The molecule has 10 aromatic rings. The molecule has 10 rings (SSSR count). The number of hydrogen-bond acceptors (Lipinski definition) is 22. The Morgan fingerprint density at radius 1 is 0.622 bits per heavy atom. The van der Waals surface area contributed by atoms with Crippen LogP contribution in [0.3, 0.4) is 0 Å². The van der Waals surface area contributed by atoms with Crippen molar-refractivity contribution >= 4 is 77.9 Å². The second-order valence-corrected chi connectivity index (χ2v) is 16.8. The molecule has 2 N–H and O–H groups in total. The molecule has 0 spiro atoms. The van der Waals surface area contributed by atoms with Gasteiger partial charge in [0, 0.05) is 88.6 Å². The van der Waals surface area contributed by atoms with Crippen molar-refractivity contribution in [1.29, 1.82) is 0 Å². The minimum absolute atomic E-state index is 0. The van der Waals surface area contributed by atoms with E-state index in [1.165, 1.54) is 24.8 Å². The van der Waals surface area contributed by atoms with Gasteiger partial charge in [-0.1, -0.05) is 60.7 Å². The van der Waals surface area contributed by atoms with E-state index >= 15 is 0 Å². The number of anilines is 4. The van der Waals surface area contributed by atoms with Crippen molar-refractivity contribution < 1.29 is 90.0 Å². The second-order valence-electron chi connectivity index (χ2n) is 16.8. The Balaban J connectivity index is 0.000000246. The maximum absolute atomic E-state index is 12.7. The molecule has 0 saturated heterocycles. The largest absolute Gasteiger partial charge is 1.00 e. The van der Waals surface area contributed by atoms with Crippen LogP contribution in [0.4, 0.5) is 40.8 Å². The van der Waals surface area contributed by atoms with Gasteiger partial charge in [-0.2, -0.15) is 17.6 Å². The Bertz CT molecular complexity index is 3670. The Hall–Kier alpha value is -9.32. The van der Waals surface area contributed by atoms with Gasteiger partial charge in [-0.15, -0.1) is 20.4 Å². The number of carboxylic acids is 1. The van der Waals surface area contributed by atoms with Gasteiger partial charge in [0.25, 0.3) is 23.6 Å². The molecule has 0 atom stereocenters. The quantitative estimate of drug-likeness (QED) is 0.0465. The summed E-state index contributed by atoms with van der Waals surface area (Å²) < 4.78 is 64.5. The van der Waals surface area contributed by atoms with Crippen molar-refractivity contribution in [3.8, 4) is 45.2 Å². The van der Waals surface area contributed by atoms with Gasteiger partial charge in [0.1, 0.15) is 6.29 Å². The van der Waals surface area contributed by atoms with Gasteiger partial charge in [0.15, 0.2) is 0 Å². The zero-order chi connectivity index (χ0) is 57.3. The minimum atomic E-state index is -2.85. The molecule has 0 bridgehead atoms. The molecule has 0 fully saturated rings. The number of halogens is 4. The number of hydrogen-bond donors (Lipinski definition) is 2. The molecule has 3 radical (unpaired) electrons. The van der Waals surface area contributed by atoms with Gasteiger partial charge in [0.2, 0.25) is 11.9 Å². The number of likely N-dealkylation sites (N-methyl/N-ethyl adjacent to an activating group) is 1. The Kier molecular flexibility index (Phi) is 23.5. The van der Waals surface area contributed by atoms with Crippen LogP contribution in [0.1, 0.15) is 45.4 Å². The standard InChI is InChI=1S/C24H22F2N8O.C22H15F2N7O2.C4H6O4.C2H4O2.B.Na/c1-33(2)8-9-34-14-29-20-18(15-6-4-3-5-7-15)10-17(11-19(20)34)30-24-27-12-16(13-28-24)22-31-32-23(35-22)21(25)26;23-19(24)21-30-29-20(33-21)14-10-25-22(26-11-14)28-15-8-16(13-4-2-1-3-5-13)18-17(9-15)31(6-7-32)12-27-18;1-3(5)7-8-4(2)6;1-2(3)4;;/h3-7,10-14,21H,8-9H2,1-2H3,(H,27,28,30);1-5,7-12,19H,6H2,(H,25,26,28);1-2H3;1H3,(H,3,4);;/q;;;;;+1/p-1. The summed E-state index contributed by atoms with van der Waals surface area (Å²) in [4.78, 5) is 75.6. The SMILES string of the molecule is CC(=O)OOC(C)=O.CC(=O)[O-].CN(C)CCn1cnc2c(-c3ccccc3)cc(Nc3ncc(-c4nnc(C(F)F)o4)cn3)cc21.O=CCn1cnc2c(-c3ccccc3)cc(Nc3ncc(-c4nnc(C(F)F)o4)cn3)cc21.[B].[Na+]. The molecule has 415 valence electrons. The predicted octanol–water partition coefficient (Wildman–Crippen LogP) is 4.62. The zero-order valence-corrected chi connectivity index (χ0v) is 46.5. The molecular weight excluding hydrogens is 1090 g/mol. The number of nitrogens with one attached hydrogen (secondary N) is 2. The smallest absolute Gasteiger partial charge is 0.550 e. The van der Waals surface area contributed by atoms with Gasteiger partial charge in [-0.3, -0.25) is 0 Å². The maximum Gasteiger partial charge on any atom is 1.00 e. The van der Waals surface area contributed by atoms with Crippen molar-refractivity contribution in [2.75, 3.05) is 31.3 Å². The third kappa shape index (κ3) is 17.6. The molecule has 0 aliphatic carbocycles. The summed E-state index contributed by atoms with van der Waals surface area (Å²) in [5.74, 6) is -3.42. The number of fused-ring (bicyclic) bond motifs is 2. The van der Waals surface area contributed by atoms with Crippen LogP contribution < -0.4 is 45.3 Å². The molecule has 24 nitrogen and oxygen atoms in total. The summed E-state index contributed by atoms with van der Waals surface area (Å²) in [5, 5.41) is 29.1. The molecule has 0 aliphatic rings. The Morgan fingerprint density at radius 2 is 1.01 bits per heavy atom. The van der Waals surface area contributed by atoms with E-state index < -0.39 is 42.5 Å². The second kappa shape index (κ2) is 30.3. The molecular formula is C52H46BF4N15NaO9. The molecule has 6 heterocycles. The monoisotopic (exact) mass is 1130 g/mol. The summed E-state index contributed by atoms with van der Waals surface area (Å²) in [6, 6.07) is 27.6. The fraction of sp³-hybridized carbons (Fsp3) is 0.192. The van der Waals surface area contributed by atoms with Crippen molar-refractivity contribution in [2.24, 2.45) is 0 Å². The summed E-state index contributed by atoms with van der Waals surface area (Å²) in [6.07, 6.45) is 4.27. The number of benzene rings is 4. The predicted molar refractivity (Wildman–Crippen MR) is 282 cm³/mol. The van der Waals surface area contributed by atoms with Crippen LogP contribution in [0.2, 0.25) is 0 Å². The third-order valence-electron chi connectivity index (χ3n) is 10.5. The Labute approximate surface area is 487 Å². The molecule has 0 unspecified atom stereocenters. The first-order valence-corrected chi connectivity index (χ1v) is 23.6. The van der Waals surface area contributed by atoms with Crippen LogP contribution in [0.5, 0.6) is 0 Å². The van der Waals surface area contributed by atoms with E-state index in [1.807, 2.05) is 105 Å². The van der Waals surface area contributed by atoms with Crippen molar-refractivity contribution in [3.05, 3.63) is 134 Å². The fourth-order valence-corrected chi connectivity index (χ4v) is 7.12. The summed E-state index contributed by atoms with van der Waals surface area (Å²) in [5.41, 5.74) is 9.41. The number of nitrogens with zero attached hydrogens (tertiary/aromatic N) is 13. The van der Waals surface area contributed by atoms with Crippen LogP contribution in [-0.4, -0.2) is 118 Å². The number of aliphatic carboxylic acids is 1. The van der Waals surface area contributed by atoms with Gasteiger partial charge < -0.3 is 48.2 Å². The first-order valence-electron chi connectivity index (χ1n) is 23.6. The first kappa shape index (κ1) is 63.5. The average molecular weight is 1130 g/mol. The molecule has 82 heavy (non-hydrogen) atoms. The van der Waals surface area contributed by atoms with Crippen LogP contribution >= 0.6 is 0 Å². The zero-order valence-electron chi connectivity index (χ0n) is 44.5. The first-order chi connectivity index (χ1) is 38.5. The number of carboxylic acid groups (broad SMARTS) is 1. The maximum atomic E-state index is 12.7. The van der Waals surface area contributed by atoms with E-state index in [9.17, 15) is 31.9 Å². The molecule has 0 saturated carbocycles. The summed E-state index contributed by atoms with van der Waals surface area (Å²) in [6.45, 7) is 5.09. The van der Waals surface area contributed by atoms with Crippen molar-refractivity contribution in [2.45, 2.75) is 46.7 Å². The van der Waals surface area contributed by atoms with Gasteiger partial charge in [-0.25, -0.2) is 49.3 Å². The van der Waals surface area contributed by atoms with E-state index in [1.54, 1.807) is 10.9 Å². The topological polar surface area (TPSA) is 302 Å². The van der Waals surface area contributed by atoms with Crippen LogP contribution in [0.25, 0.3) is 67.2 Å². The van der Waals surface area contributed by atoms with Crippen molar-refractivity contribution in [1.82, 2.24) is 64.3 Å². The van der Waals surface area contributed by atoms with E-state index in [2.05, 4.69) is 80.2 Å². The van der Waals surface area contributed by atoms with E-state index in [0.29, 0.717) is 22.8 Å². The van der Waals surface area contributed by atoms with Crippen LogP contribution in [-0.2, 0) is 42.0 Å². The number of aromatic nitrogens is 12. The molecule has 4 aromatic carbocycles. The number of aldehydes is 1. The normalized spacial score (nSPS) is 10.5. The third-order valence-corrected chi connectivity index (χ3v) is 10.5. The van der Waals surface area contributed by atoms with Gasteiger partial charge in [0.05, 0.1) is 52.4 Å². The molecule has 6 aromatic heterocycles. The number of alkyl halides is 4. The number of carbonyl (C=O) groups excluding carboxylic acids is 4. The fourth-order valence-electron chi connectivity index (χ4n) is 7.12. The molecule has 0 aliphatic heterocycles. The molecule has 30 heteroatoms. The van der Waals surface area contributed by atoms with E-state index in [0.717, 1.165) is 90.2 Å². The van der Waals surface area contributed by atoms with Gasteiger partial charge >= 0.3 is 54.3 Å². The number of imidazole rings is 2. The number of rotatable bonds is 15. The van der Waals surface area contributed by atoms with Crippen LogP contribution in [0.15, 0.2) is 131 Å². The van der Waals surface area contributed by atoms with E-state index in [-0.39, 0.29) is 62.2 Å².